The number of imidazole rings is 1. The molecule has 3 aliphatic rings. The van der Waals surface area contributed by atoms with E-state index in [0.717, 1.165) is 36.1 Å². The van der Waals surface area contributed by atoms with E-state index in [1.165, 1.54) is 6.07 Å². The second-order valence-corrected chi connectivity index (χ2v) is 10.0. The van der Waals surface area contributed by atoms with Crippen molar-refractivity contribution in [1.82, 2.24) is 29.2 Å². The molecule has 0 radical (unpaired) electrons. The van der Waals surface area contributed by atoms with Crippen molar-refractivity contribution in [2.24, 2.45) is 5.73 Å². The minimum atomic E-state index is -3.01. The summed E-state index contributed by atoms with van der Waals surface area (Å²) in [6.07, 6.45) is 10.4. The molecular weight excluding hydrogens is 480 g/mol. The molecule has 2 aliphatic carbocycles. The van der Waals surface area contributed by atoms with Gasteiger partial charge in [-0.2, -0.15) is 8.78 Å². The molecule has 1 saturated carbocycles. The predicted octanol–water partition coefficient (Wildman–Crippen LogP) is 3.79. The molecule has 0 saturated heterocycles. The zero-order valence-corrected chi connectivity index (χ0v) is 19.9. The molecule has 7 rings (SSSR count). The van der Waals surface area contributed by atoms with Gasteiger partial charge >= 0.3 is 6.61 Å². The fourth-order valence-electron chi connectivity index (χ4n) is 5.89. The van der Waals surface area contributed by atoms with Crippen LogP contribution in [0.1, 0.15) is 70.8 Å². The van der Waals surface area contributed by atoms with E-state index in [0.29, 0.717) is 34.8 Å². The number of hydrogen-bond donors (Lipinski definition) is 1. The molecule has 3 aromatic heterocycles. The topological polar surface area (TPSA) is 112 Å². The first-order valence-electron chi connectivity index (χ1n) is 12.2. The SMILES string of the molecule is CN1C(=O)c2cccc(OC(F)F)c2C2CC1c1nc3ncc(-c4cnc(C5(N)CCC5)nc4)cn3c12. The number of carbonyl (C=O) groups excluding carboxylic acids is 1. The molecule has 0 spiro atoms. The van der Waals surface area contributed by atoms with Gasteiger partial charge in [-0.3, -0.25) is 9.20 Å². The van der Waals surface area contributed by atoms with E-state index >= 15 is 0 Å². The number of hydrogen-bond acceptors (Lipinski definition) is 7. The van der Waals surface area contributed by atoms with E-state index in [1.54, 1.807) is 42.7 Å². The number of halogens is 2. The maximum absolute atomic E-state index is 13.3. The normalized spacial score (nSPS) is 21.5. The molecule has 1 aromatic carbocycles. The van der Waals surface area contributed by atoms with Crippen molar-refractivity contribution in [2.45, 2.75) is 49.8 Å². The van der Waals surface area contributed by atoms with Crippen molar-refractivity contribution in [3.63, 3.8) is 0 Å². The number of nitrogens with two attached hydrogens (primary N) is 1. The summed E-state index contributed by atoms with van der Waals surface area (Å²) in [6, 6.07) is 4.39. The molecule has 1 fully saturated rings. The Kier molecular flexibility index (Phi) is 4.66. The summed E-state index contributed by atoms with van der Waals surface area (Å²) in [7, 11) is 1.71. The van der Waals surface area contributed by atoms with Crippen LogP contribution in [0.15, 0.2) is 43.0 Å². The van der Waals surface area contributed by atoms with Crippen LogP contribution in [-0.2, 0) is 5.54 Å². The van der Waals surface area contributed by atoms with Crippen LogP contribution >= 0.6 is 0 Å². The smallest absolute Gasteiger partial charge is 0.387 e. The fraction of sp³-hybridized carbons (Fsp3) is 0.346. The molecule has 4 aromatic rings. The van der Waals surface area contributed by atoms with Gasteiger partial charge in [0.05, 0.1) is 23.0 Å². The number of nitrogens with zero attached hydrogens (tertiary/aromatic N) is 6. The molecular formula is C26H23F2N7O2. The Morgan fingerprint density at radius 2 is 1.89 bits per heavy atom. The van der Waals surface area contributed by atoms with Crippen molar-refractivity contribution in [3.05, 3.63) is 71.3 Å². The molecule has 4 heterocycles. The molecule has 2 bridgehead atoms. The monoisotopic (exact) mass is 503 g/mol. The van der Waals surface area contributed by atoms with Crippen LogP contribution in [0.2, 0.25) is 0 Å². The van der Waals surface area contributed by atoms with Gasteiger partial charge in [0.15, 0.2) is 0 Å². The molecule has 9 nitrogen and oxygen atoms in total. The van der Waals surface area contributed by atoms with E-state index in [4.69, 9.17) is 15.5 Å². The Balaban J connectivity index is 1.37. The Bertz CT molecular complexity index is 1570. The number of ether oxygens (including phenoxy) is 1. The molecule has 2 unspecified atom stereocenters. The van der Waals surface area contributed by atoms with Crippen LogP contribution in [0.3, 0.4) is 0 Å². The highest BCUT2D eigenvalue weighted by Gasteiger charge is 2.46. The lowest BCUT2D eigenvalue weighted by Crippen LogP contribution is -2.44. The Hall–Kier alpha value is -3.99. The first kappa shape index (κ1) is 22.2. The minimum absolute atomic E-state index is 0.00232. The quantitative estimate of drug-likeness (QED) is 0.451. The van der Waals surface area contributed by atoms with Gasteiger partial charge in [-0.15, -0.1) is 0 Å². The number of aromatic nitrogens is 5. The summed E-state index contributed by atoms with van der Waals surface area (Å²) in [5, 5.41) is 0. The van der Waals surface area contributed by atoms with Crippen LogP contribution in [0.5, 0.6) is 5.75 Å². The molecule has 2 N–H and O–H groups in total. The van der Waals surface area contributed by atoms with E-state index in [-0.39, 0.29) is 23.6 Å². The number of amides is 1. The highest BCUT2D eigenvalue weighted by molar-refractivity contribution is 5.98. The van der Waals surface area contributed by atoms with Crippen LogP contribution < -0.4 is 10.5 Å². The van der Waals surface area contributed by atoms with Crippen molar-refractivity contribution >= 4 is 11.7 Å². The molecule has 188 valence electrons. The lowest BCUT2D eigenvalue weighted by molar-refractivity contribution is -0.0506. The van der Waals surface area contributed by atoms with Crippen LogP contribution in [0.25, 0.3) is 16.9 Å². The van der Waals surface area contributed by atoms with E-state index in [9.17, 15) is 13.6 Å². The number of rotatable bonds is 4. The van der Waals surface area contributed by atoms with Gasteiger partial charge in [0, 0.05) is 60.0 Å². The molecule has 2 atom stereocenters. The number of fused-ring (bicyclic) bond motifs is 9. The zero-order valence-electron chi connectivity index (χ0n) is 19.9. The summed E-state index contributed by atoms with van der Waals surface area (Å²) >= 11 is 0. The van der Waals surface area contributed by atoms with Gasteiger partial charge < -0.3 is 15.4 Å². The van der Waals surface area contributed by atoms with Crippen molar-refractivity contribution in [2.75, 3.05) is 7.05 Å². The van der Waals surface area contributed by atoms with Gasteiger partial charge in [-0.1, -0.05) is 6.07 Å². The second-order valence-electron chi connectivity index (χ2n) is 10.0. The van der Waals surface area contributed by atoms with Gasteiger partial charge in [0.25, 0.3) is 5.91 Å². The van der Waals surface area contributed by atoms with Crippen molar-refractivity contribution in [1.29, 1.82) is 0 Å². The molecule has 11 heteroatoms. The average molecular weight is 504 g/mol. The maximum Gasteiger partial charge on any atom is 0.387 e. The van der Waals surface area contributed by atoms with Crippen LogP contribution in [0.4, 0.5) is 8.78 Å². The number of alkyl halides is 2. The Morgan fingerprint density at radius 1 is 1.14 bits per heavy atom. The Morgan fingerprint density at radius 3 is 2.59 bits per heavy atom. The highest BCUT2D eigenvalue weighted by Crippen LogP contribution is 2.52. The standard InChI is InChI=1S/C26H23F2N7O2/c1-34-17-8-16(19-15(22(34)36)4-2-5-18(19)37-24(27)28)21-20(17)33-25-32-11-14(12-35(21)25)13-9-30-23(31-10-13)26(29)6-3-7-26/h2,4-5,9-12,16-17,24H,3,6-8,29H2,1H3. The van der Waals surface area contributed by atoms with Gasteiger partial charge in [0.1, 0.15) is 11.6 Å². The van der Waals surface area contributed by atoms with Crippen molar-refractivity contribution < 1.29 is 18.3 Å². The third-order valence-corrected chi connectivity index (χ3v) is 7.98. The molecule has 37 heavy (non-hydrogen) atoms. The third kappa shape index (κ3) is 3.19. The average Bonchev–Trinajstić information content (AvgIpc) is 3.40. The van der Waals surface area contributed by atoms with E-state index in [1.807, 2.05) is 10.6 Å². The zero-order chi connectivity index (χ0) is 25.5. The van der Waals surface area contributed by atoms with Gasteiger partial charge in [-0.25, -0.2) is 19.9 Å². The molecule has 1 aliphatic heterocycles. The predicted molar refractivity (Wildman–Crippen MR) is 128 cm³/mol. The van der Waals surface area contributed by atoms with Crippen molar-refractivity contribution in [3.8, 4) is 16.9 Å². The Labute approximate surface area is 210 Å². The first-order chi connectivity index (χ1) is 17.8. The summed E-state index contributed by atoms with van der Waals surface area (Å²) in [5.74, 6) is 0.483. The first-order valence-corrected chi connectivity index (χ1v) is 12.2. The third-order valence-electron chi connectivity index (χ3n) is 7.98. The minimum Gasteiger partial charge on any atom is -0.434 e. The maximum atomic E-state index is 13.3. The van der Waals surface area contributed by atoms with Gasteiger partial charge in [-0.05, 0) is 37.8 Å². The lowest BCUT2D eigenvalue weighted by atomic mass is 9.77. The van der Waals surface area contributed by atoms with E-state index < -0.39 is 12.2 Å². The lowest BCUT2D eigenvalue weighted by Gasteiger charge is -2.36. The highest BCUT2D eigenvalue weighted by atomic mass is 19.3. The van der Waals surface area contributed by atoms with E-state index in [2.05, 4.69) is 15.0 Å². The summed E-state index contributed by atoms with van der Waals surface area (Å²) in [4.78, 5) is 33.2. The molecule has 1 amide bonds. The van der Waals surface area contributed by atoms with Gasteiger partial charge in [0.2, 0.25) is 5.78 Å². The number of benzene rings is 1. The summed E-state index contributed by atoms with van der Waals surface area (Å²) in [6.45, 7) is -3.01. The van der Waals surface area contributed by atoms with Crippen LogP contribution in [-0.4, -0.2) is 48.8 Å². The van der Waals surface area contributed by atoms with Crippen LogP contribution in [0, 0.1) is 0 Å². The summed E-state index contributed by atoms with van der Waals surface area (Å²) in [5.41, 5.74) is 9.80. The number of carbonyl (C=O) groups is 1. The largest absolute Gasteiger partial charge is 0.434 e. The second kappa shape index (κ2) is 7.75. The summed E-state index contributed by atoms with van der Waals surface area (Å²) < 4.78 is 33.4. The fourth-order valence-corrected chi connectivity index (χ4v) is 5.89.